The molecule has 1 aliphatic carbocycles. The summed E-state index contributed by atoms with van der Waals surface area (Å²) >= 11 is 0. The number of aromatic nitrogens is 5. The highest BCUT2D eigenvalue weighted by Gasteiger charge is 2.16. The molecule has 7 nitrogen and oxygen atoms in total. The van der Waals surface area contributed by atoms with Crippen molar-refractivity contribution in [2.24, 2.45) is 0 Å². The van der Waals surface area contributed by atoms with E-state index in [0.717, 1.165) is 10.1 Å². The highest BCUT2D eigenvalue weighted by molar-refractivity contribution is 5.54. The average Bonchev–Trinajstić information content (AvgIpc) is 3.12. The van der Waals surface area contributed by atoms with Crippen molar-refractivity contribution in [1.82, 2.24) is 23.9 Å². The zero-order valence-electron chi connectivity index (χ0n) is 13.0. The standard InChI is InChI=1S/C17H12FN5O2/c18-13-8-14(9-13)22-7-6-21(16(24)17(22)25)11-12-2-3-15(19-10-12)23-5-1-4-20-23/h1-7,10H,8,11H2. The van der Waals surface area contributed by atoms with Crippen LogP contribution in [0.2, 0.25) is 0 Å². The Morgan fingerprint density at radius 3 is 2.64 bits per heavy atom. The second kappa shape index (κ2) is 5.85. The fourth-order valence-electron chi connectivity index (χ4n) is 2.52. The van der Waals surface area contributed by atoms with Crippen molar-refractivity contribution >= 4 is 5.70 Å². The molecule has 0 saturated heterocycles. The third-order valence-electron chi connectivity index (χ3n) is 3.85. The first kappa shape index (κ1) is 15.0. The second-order valence-electron chi connectivity index (χ2n) is 5.53. The minimum absolute atomic E-state index is 0.0160. The number of hydrogen-bond acceptors (Lipinski definition) is 4. The van der Waals surface area contributed by atoms with E-state index in [0.29, 0.717) is 11.5 Å². The number of nitrogens with zero attached hydrogens (tertiary/aromatic N) is 5. The first-order valence-corrected chi connectivity index (χ1v) is 7.53. The van der Waals surface area contributed by atoms with Crippen molar-refractivity contribution in [1.29, 1.82) is 0 Å². The molecule has 0 N–H and O–H groups in total. The lowest BCUT2D eigenvalue weighted by molar-refractivity contribution is 0.599. The van der Waals surface area contributed by atoms with Crippen molar-refractivity contribution in [3.63, 3.8) is 0 Å². The molecule has 0 aliphatic heterocycles. The van der Waals surface area contributed by atoms with Crippen molar-refractivity contribution in [2.75, 3.05) is 0 Å². The Hall–Kier alpha value is -3.51. The summed E-state index contributed by atoms with van der Waals surface area (Å²) in [6, 6.07) is 5.39. The van der Waals surface area contributed by atoms with Gasteiger partial charge in [0.1, 0.15) is 0 Å². The van der Waals surface area contributed by atoms with E-state index in [-0.39, 0.29) is 13.0 Å². The number of pyridine rings is 1. The fraction of sp³-hybridized carbons (Fsp3) is 0.118. The van der Waals surface area contributed by atoms with Gasteiger partial charge in [0.2, 0.25) is 0 Å². The third-order valence-corrected chi connectivity index (χ3v) is 3.85. The van der Waals surface area contributed by atoms with Crippen LogP contribution >= 0.6 is 0 Å². The summed E-state index contributed by atoms with van der Waals surface area (Å²) < 4.78 is 16.8. The van der Waals surface area contributed by atoms with Crippen LogP contribution in [0.1, 0.15) is 12.0 Å². The molecule has 3 aromatic rings. The van der Waals surface area contributed by atoms with Crippen molar-refractivity contribution < 1.29 is 4.39 Å². The van der Waals surface area contributed by atoms with E-state index in [1.54, 1.807) is 35.4 Å². The van der Waals surface area contributed by atoms with Gasteiger partial charge in [0.15, 0.2) is 11.6 Å². The highest BCUT2D eigenvalue weighted by atomic mass is 19.1. The molecule has 124 valence electrons. The van der Waals surface area contributed by atoms with Crippen LogP contribution in [-0.2, 0) is 6.54 Å². The lowest BCUT2D eigenvalue weighted by Crippen LogP contribution is -2.40. The van der Waals surface area contributed by atoms with E-state index < -0.39 is 16.9 Å². The zero-order valence-corrected chi connectivity index (χ0v) is 13.0. The molecule has 3 heterocycles. The van der Waals surface area contributed by atoms with Gasteiger partial charge in [-0.15, -0.1) is 0 Å². The van der Waals surface area contributed by atoms with Crippen LogP contribution in [0.3, 0.4) is 0 Å². The number of hydrogen-bond donors (Lipinski definition) is 0. The predicted molar refractivity (Wildman–Crippen MR) is 87.9 cm³/mol. The molecule has 0 saturated carbocycles. The zero-order chi connectivity index (χ0) is 17.4. The molecule has 25 heavy (non-hydrogen) atoms. The van der Waals surface area contributed by atoms with Crippen LogP contribution in [0.4, 0.5) is 4.39 Å². The Bertz CT molecular complexity index is 1120. The van der Waals surface area contributed by atoms with Gasteiger partial charge in [-0.3, -0.25) is 14.2 Å². The van der Waals surface area contributed by atoms with Gasteiger partial charge in [0.05, 0.1) is 18.7 Å². The van der Waals surface area contributed by atoms with Gasteiger partial charge in [-0.1, -0.05) is 11.8 Å². The van der Waals surface area contributed by atoms with E-state index in [1.807, 2.05) is 6.07 Å². The van der Waals surface area contributed by atoms with Crippen LogP contribution < -0.4 is 11.1 Å². The summed E-state index contributed by atoms with van der Waals surface area (Å²) in [5.41, 5.74) is 2.10. The van der Waals surface area contributed by atoms with Crippen LogP contribution in [-0.4, -0.2) is 23.9 Å². The predicted octanol–water partition coefficient (Wildman–Crippen LogP) is 1.34. The van der Waals surface area contributed by atoms with Gasteiger partial charge in [-0.05, 0) is 17.7 Å². The molecule has 0 amide bonds. The first-order valence-electron chi connectivity index (χ1n) is 7.53. The SMILES string of the molecule is O=c1c(=O)n(C2=C=C(F)C2)ccn1Cc1ccc(-n2cccn2)nc1. The molecule has 0 unspecified atom stereocenters. The van der Waals surface area contributed by atoms with Crippen molar-refractivity contribution in [2.45, 2.75) is 13.0 Å². The smallest absolute Gasteiger partial charge is 0.305 e. The second-order valence-corrected chi connectivity index (χ2v) is 5.53. The largest absolute Gasteiger partial charge is 0.321 e. The number of allylic oxidation sites excluding steroid dienone is 1. The minimum Gasteiger partial charge on any atom is -0.305 e. The van der Waals surface area contributed by atoms with Gasteiger partial charge in [0.25, 0.3) is 0 Å². The molecule has 4 rings (SSSR count). The lowest BCUT2D eigenvalue weighted by Gasteiger charge is -2.13. The summed E-state index contributed by atoms with van der Waals surface area (Å²) in [5.74, 6) is 0.233. The van der Waals surface area contributed by atoms with E-state index in [9.17, 15) is 14.0 Å². The molecule has 0 bridgehead atoms. The van der Waals surface area contributed by atoms with Crippen molar-refractivity contribution in [3.05, 3.63) is 87.0 Å². The van der Waals surface area contributed by atoms with Crippen molar-refractivity contribution in [3.8, 4) is 5.82 Å². The molecular weight excluding hydrogens is 325 g/mol. The molecule has 0 spiro atoms. The quantitative estimate of drug-likeness (QED) is 0.532. The topological polar surface area (TPSA) is 74.7 Å². The van der Waals surface area contributed by atoms with Gasteiger partial charge in [-0.25, -0.2) is 14.1 Å². The Kier molecular flexibility index (Phi) is 3.52. The molecular formula is C17H12FN5O2. The molecule has 0 aromatic carbocycles. The molecule has 0 radical (unpaired) electrons. The average molecular weight is 337 g/mol. The van der Waals surface area contributed by atoms with E-state index in [1.165, 1.54) is 17.0 Å². The maximum Gasteiger partial charge on any atom is 0.321 e. The maximum absolute atomic E-state index is 12.8. The van der Waals surface area contributed by atoms with Gasteiger partial charge in [0, 0.05) is 31.0 Å². The van der Waals surface area contributed by atoms with E-state index >= 15 is 0 Å². The summed E-state index contributed by atoms with van der Waals surface area (Å²) in [6.45, 7) is 0.213. The molecule has 1 aliphatic rings. The van der Waals surface area contributed by atoms with E-state index in [2.05, 4.69) is 15.8 Å². The Morgan fingerprint density at radius 1 is 1.16 bits per heavy atom. The number of rotatable bonds is 4. The van der Waals surface area contributed by atoms with Crippen LogP contribution in [0.5, 0.6) is 0 Å². The third kappa shape index (κ3) is 2.75. The first-order chi connectivity index (χ1) is 12.1. The number of halogens is 1. The highest BCUT2D eigenvalue weighted by Crippen LogP contribution is 2.22. The Labute approximate surface area is 140 Å². The Morgan fingerprint density at radius 2 is 2.00 bits per heavy atom. The summed E-state index contributed by atoms with van der Waals surface area (Å²) in [7, 11) is 0. The minimum atomic E-state index is -0.723. The normalized spacial score (nSPS) is 13.2. The van der Waals surface area contributed by atoms with Gasteiger partial charge in [-0.2, -0.15) is 5.10 Å². The van der Waals surface area contributed by atoms with E-state index in [4.69, 9.17) is 0 Å². The van der Waals surface area contributed by atoms with Crippen LogP contribution in [0.15, 0.2) is 70.3 Å². The van der Waals surface area contributed by atoms with Gasteiger partial charge < -0.3 is 4.57 Å². The molecule has 3 aromatic heterocycles. The Balaban J connectivity index is 1.61. The maximum atomic E-state index is 12.8. The van der Waals surface area contributed by atoms with Crippen LogP contribution in [0.25, 0.3) is 11.5 Å². The van der Waals surface area contributed by atoms with Crippen LogP contribution in [0, 0.1) is 0 Å². The molecule has 0 atom stereocenters. The summed E-state index contributed by atoms with van der Waals surface area (Å²) in [4.78, 5) is 28.7. The fourth-order valence-corrected chi connectivity index (χ4v) is 2.52. The lowest BCUT2D eigenvalue weighted by atomic mass is 10.2. The monoisotopic (exact) mass is 337 g/mol. The summed E-state index contributed by atoms with van der Waals surface area (Å²) in [5, 5.41) is 4.09. The van der Waals surface area contributed by atoms with Gasteiger partial charge >= 0.3 is 11.1 Å². The summed E-state index contributed by atoms with van der Waals surface area (Å²) in [6.07, 6.45) is 8.02. The molecule has 8 heteroatoms. The molecule has 0 fully saturated rings.